The Hall–Kier alpha value is 1.16. The molecule has 0 saturated carbocycles. The topological polar surface area (TPSA) is 0 Å². The maximum absolute atomic E-state index is 3.72. The SMILES string of the molecule is C[C](C)(C)[Sn]([CH2]C#[C][Sn]([CH3])([CH3])[CH3])([C](C)(C)C)[C](C)(C)C. The normalized spacial score (nSPS) is 14.8. The molecule has 2 heteroatoms. The molecule has 20 heavy (non-hydrogen) atoms. The van der Waals surface area contributed by atoms with Gasteiger partial charge in [0.25, 0.3) is 0 Å². The van der Waals surface area contributed by atoms with Crippen LogP contribution in [-0.2, 0) is 0 Å². The molecule has 0 heterocycles. The van der Waals surface area contributed by atoms with Crippen molar-refractivity contribution in [3.05, 3.63) is 0 Å². The Bertz CT molecular complexity index is 345. The molecule has 0 aliphatic heterocycles. The predicted octanol–water partition coefficient (Wildman–Crippen LogP) is 6.72. The molecule has 0 bridgehead atoms. The molecule has 0 aromatic heterocycles. The summed E-state index contributed by atoms with van der Waals surface area (Å²) in [6.45, 7) is 22.4. The standard InChI is InChI=1S/3C4H9.C3H2.3CH3.2Sn/c3*1-4(2)3;1-3-2;;;;;/h3*1-3H3;1H2;3*1H3;;. The van der Waals surface area contributed by atoms with Crippen LogP contribution in [0.15, 0.2) is 0 Å². The first kappa shape index (κ1) is 21.2. The molecule has 0 N–H and O–H groups in total. The molecular weight excluding hydrogens is 454 g/mol. The van der Waals surface area contributed by atoms with Crippen molar-refractivity contribution in [2.45, 2.75) is 91.9 Å². The van der Waals surface area contributed by atoms with Gasteiger partial charge in [-0.3, -0.25) is 0 Å². The minimum absolute atomic E-state index is 0.438. The molecule has 0 fully saturated rings. The van der Waals surface area contributed by atoms with E-state index in [0.29, 0.717) is 10.3 Å². The van der Waals surface area contributed by atoms with Gasteiger partial charge in [0.05, 0.1) is 0 Å². The average Bonchev–Trinajstić information content (AvgIpc) is 2.03. The third-order valence-corrected chi connectivity index (χ3v) is 31.2. The summed E-state index contributed by atoms with van der Waals surface area (Å²) in [5, 5.41) is 0. The van der Waals surface area contributed by atoms with Crippen LogP contribution in [0.1, 0.15) is 62.3 Å². The fourth-order valence-electron chi connectivity index (χ4n) is 4.61. The van der Waals surface area contributed by atoms with Crippen molar-refractivity contribution < 1.29 is 0 Å². The first-order valence-corrected chi connectivity index (χ1v) is 24.2. The van der Waals surface area contributed by atoms with Crippen LogP contribution in [-0.4, -0.2) is 36.8 Å². The molecule has 0 aromatic carbocycles. The van der Waals surface area contributed by atoms with Crippen molar-refractivity contribution in [3.8, 4) is 9.86 Å². The van der Waals surface area contributed by atoms with Crippen LogP contribution in [0.5, 0.6) is 0 Å². The van der Waals surface area contributed by atoms with Gasteiger partial charge >= 0.3 is 138 Å². The zero-order chi connectivity index (χ0) is 16.6. The van der Waals surface area contributed by atoms with Crippen molar-refractivity contribution in [2.24, 2.45) is 0 Å². The summed E-state index contributed by atoms with van der Waals surface area (Å²) in [5.41, 5.74) is 0. The van der Waals surface area contributed by atoms with Crippen molar-refractivity contribution in [1.82, 2.24) is 0 Å². The van der Waals surface area contributed by atoms with E-state index in [1.807, 2.05) is 0 Å². The van der Waals surface area contributed by atoms with Gasteiger partial charge in [0.2, 0.25) is 0 Å². The first-order valence-electron chi connectivity index (χ1n) is 7.96. The summed E-state index contributed by atoms with van der Waals surface area (Å²) in [6.07, 6.45) is 0. The van der Waals surface area contributed by atoms with Crippen LogP contribution in [0.4, 0.5) is 0 Å². The second-order valence-electron chi connectivity index (χ2n) is 10.4. The third-order valence-electron chi connectivity index (χ3n) is 4.66. The van der Waals surface area contributed by atoms with Crippen molar-refractivity contribution >= 4 is 36.8 Å². The zero-order valence-corrected chi connectivity index (χ0v) is 21.9. The zero-order valence-electron chi connectivity index (χ0n) is 16.2. The molecule has 118 valence electrons. The first-order chi connectivity index (χ1) is 8.46. The van der Waals surface area contributed by atoms with Crippen LogP contribution in [0, 0.1) is 9.86 Å². The quantitative estimate of drug-likeness (QED) is 0.282. The average molecular weight is 492 g/mol. The maximum atomic E-state index is 3.72. The fraction of sp³-hybridized carbons (Fsp3) is 0.889. The minimum atomic E-state index is -2.58. The van der Waals surface area contributed by atoms with Gasteiger partial charge in [-0.15, -0.1) is 0 Å². The number of hydrogen-bond donors (Lipinski definition) is 0. The van der Waals surface area contributed by atoms with Gasteiger partial charge in [0.15, 0.2) is 0 Å². The summed E-state index contributed by atoms with van der Waals surface area (Å²) < 4.78 is 6.24. The van der Waals surface area contributed by atoms with Crippen LogP contribution in [0.2, 0.25) is 29.5 Å². The fourth-order valence-corrected chi connectivity index (χ4v) is 32.6. The molecule has 0 aromatic rings. The van der Waals surface area contributed by atoms with Crippen molar-refractivity contribution in [2.75, 3.05) is 0 Å². The molecule has 0 aliphatic carbocycles. The monoisotopic (exact) mass is 494 g/mol. The van der Waals surface area contributed by atoms with Gasteiger partial charge < -0.3 is 0 Å². The molecule has 0 rings (SSSR count). The molecule has 0 spiro atoms. The van der Waals surface area contributed by atoms with Gasteiger partial charge in [-0.2, -0.15) is 0 Å². The number of hydrogen-bond acceptors (Lipinski definition) is 0. The van der Waals surface area contributed by atoms with Gasteiger partial charge in [0.1, 0.15) is 0 Å². The summed E-state index contributed by atoms with van der Waals surface area (Å²) in [4.78, 5) is 7.26. The second kappa shape index (κ2) is 6.34. The van der Waals surface area contributed by atoms with Crippen LogP contribution in [0.3, 0.4) is 0 Å². The van der Waals surface area contributed by atoms with E-state index in [-0.39, 0.29) is 0 Å². The van der Waals surface area contributed by atoms with Crippen LogP contribution < -0.4 is 0 Å². The Balaban J connectivity index is 6.00. The van der Waals surface area contributed by atoms with Gasteiger partial charge in [0, 0.05) is 0 Å². The Morgan fingerprint density at radius 3 is 1.15 bits per heavy atom. The summed E-state index contributed by atoms with van der Waals surface area (Å²) in [6, 6.07) is 0. The molecular formula is C18H38Sn2. The van der Waals surface area contributed by atoms with E-state index >= 15 is 0 Å². The molecule has 0 saturated heterocycles. The Morgan fingerprint density at radius 2 is 0.950 bits per heavy atom. The van der Waals surface area contributed by atoms with Gasteiger partial charge in [-0.25, -0.2) is 0 Å². The van der Waals surface area contributed by atoms with E-state index in [1.54, 1.807) is 0 Å². The summed E-state index contributed by atoms with van der Waals surface area (Å²) in [5.74, 6) is 3.72. The van der Waals surface area contributed by atoms with Crippen molar-refractivity contribution in [3.63, 3.8) is 0 Å². The molecule has 0 nitrogen and oxygen atoms in total. The van der Waals surface area contributed by atoms with E-state index in [4.69, 9.17) is 0 Å². The summed E-state index contributed by atoms with van der Waals surface area (Å²) in [7, 11) is 0. The van der Waals surface area contributed by atoms with Gasteiger partial charge in [-0.1, -0.05) is 0 Å². The van der Waals surface area contributed by atoms with Gasteiger partial charge in [-0.05, 0) is 0 Å². The molecule has 0 atom stereocenters. The molecule has 0 amide bonds. The summed E-state index contributed by atoms with van der Waals surface area (Å²) >= 11 is -4.55. The van der Waals surface area contributed by atoms with Crippen LogP contribution >= 0.6 is 0 Å². The van der Waals surface area contributed by atoms with E-state index in [1.165, 1.54) is 4.44 Å². The third kappa shape index (κ3) is 4.83. The molecule has 0 radical (unpaired) electrons. The van der Waals surface area contributed by atoms with E-state index in [9.17, 15) is 0 Å². The second-order valence-corrected chi connectivity index (χ2v) is 43.0. The van der Waals surface area contributed by atoms with E-state index in [0.717, 1.165) is 0 Å². The Kier molecular flexibility index (Phi) is 6.71. The number of rotatable bonds is 1. The van der Waals surface area contributed by atoms with Crippen LogP contribution in [0.25, 0.3) is 0 Å². The Morgan fingerprint density at radius 1 is 0.650 bits per heavy atom. The molecule has 0 unspecified atom stereocenters. The predicted molar refractivity (Wildman–Crippen MR) is 101 cm³/mol. The Labute approximate surface area is 137 Å². The molecule has 0 aliphatic rings. The van der Waals surface area contributed by atoms with Crippen molar-refractivity contribution in [1.29, 1.82) is 0 Å². The van der Waals surface area contributed by atoms with E-state index < -0.39 is 36.8 Å². The van der Waals surface area contributed by atoms with E-state index in [2.05, 4.69) is 87.0 Å².